The molecule has 2 heterocycles. The normalized spacial score (nSPS) is 18.7. The number of amides is 2. The van der Waals surface area contributed by atoms with E-state index in [0.29, 0.717) is 25.3 Å². The minimum Gasteiger partial charge on any atom is -0.370 e. The van der Waals surface area contributed by atoms with Crippen LogP contribution in [0.5, 0.6) is 0 Å². The lowest BCUT2D eigenvalue weighted by atomic mass is 10.0. The van der Waals surface area contributed by atoms with Crippen LogP contribution in [0.1, 0.15) is 43.3 Å². The highest BCUT2D eigenvalue weighted by Gasteiger charge is 2.63. The number of ether oxygens (including phenoxy) is 1. The summed E-state index contributed by atoms with van der Waals surface area (Å²) in [5, 5.41) is 7.21. The van der Waals surface area contributed by atoms with Gasteiger partial charge >= 0.3 is 0 Å². The van der Waals surface area contributed by atoms with E-state index in [1.165, 1.54) is 0 Å². The van der Waals surface area contributed by atoms with Crippen LogP contribution < -0.4 is 16.4 Å². The number of carbonyl (C=O) groups is 2. The Hall–Kier alpha value is -4.73. The zero-order valence-electron chi connectivity index (χ0n) is 24.3. The predicted molar refractivity (Wildman–Crippen MR) is 166 cm³/mol. The molecule has 1 fully saturated rings. The third-order valence-electron chi connectivity index (χ3n) is 7.93. The molecule has 0 spiro atoms. The second-order valence-corrected chi connectivity index (χ2v) is 11.8. The lowest BCUT2D eigenvalue weighted by Gasteiger charge is -2.26. The van der Waals surface area contributed by atoms with Crippen LogP contribution in [0.2, 0.25) is 0 Å². The molecule has 3 atom stereocenters. The van der Waals surface area contributed by atoms with Crippen molar-refractivity contribution in [1.29, 1.82) is 0 Å². The molecule has 43 heavy (non-hydrogen) atoms. The number of imidazole rings is 1. The Labute approximate surface area is 250 Å². The molecule has 1 saturated carbocycles. The van der Waals surface area contributed by atoms with E-state index in [-0.39, 0.29) is 5.91 Å². The monoisotopic (exact) mass is 576 g/mol. The van der Waals surface area contributed by atoms with E-state index in [1.807, 2.05) is 85.1 Å². The maximum Gasteiger partial charge on any atom is 0.249 e. The Morgan fingerprint density at radius 3 is 2.49 bits per heavy atom. The van der Waals surface area contributed by atoms with Gasteiger partial charge in [0.1, 0.15) is 11.4 Å². The van der Waals surface area contributed by atoms with Gasteiger partial charge in [0.05, 0.1) is 36.2 Å². The van der Waals surface area contributed by atoms with E-state index in [1.54, 1.807) is 20.0 Å². The summed E-state index contributed by atoms with van der Waals surface area (Å²) in [6.45, 7) is 3.55. The third-order valence-corrected chi connectivity index (χ3v) is 7.93. The van der Waals surface area contributed by atoms with Crippen molar-refractivity contribution >= 4 is 22.7 Å². The zero-order chi connectivity index (χ0) is 30.0. The van der Waals surface area contributed by atoms with Crippen LogP contribution in [0.3, 0.4) is 0 Å². The number of aromatic amines is 2. The van der Waals surface area contributed by atoms with Crippen molar-refractivity contribution in [3.8, 4) is 11.3 Å². The van der Waals surface area contributed by atoms with Gasteiger partial charge in [-0.25, -0.2) is 4.98 Å². The van der Waals surface area contributed by atoms with Crippen LogP contribution in [0.4, 0.5) is 0 Å². The highest BCUT2D eigenvalue weighted by molar-refractivity contribution is 5.97. The number of rotatable bonds is 11. The number of benzene rings is 3. The summed E-state index contributed by atoms with van der Waals surface area (Å²) in [6.07, 6.45) is 4.03. The molecule has 0 saturated heterocycles. The first-order chi connectivity index (χ1) is 20.7. The average molecular weight is 577 g/mol. The van der Waals surface area contributed by atoms with Crippen LogP contribution in [0, 0.1) is 0 Å². The van der Waals surface area contributed by atoms with Crippen molar-refractivity contribution in [2.24, 2.45) is 5.73 Å². The van der Waals surface area contributed by atoms with Crippen LogP contribution in [-0.4, -0.2) is 43.9 Å². The van der Waals surface area contributed by atoms with Gasteiger partial charge in [-0.3, -0.25) is 9.59 Å². The van der Waals surface area contributed by atoms with Gasteiger partial charge in [-0.2, -0.15) is 0 Å². The standard InChI is InChI=1S/C34H36N6O3/c1-33(2,35)31(41)40-34(18-29(34)43-21-22-11-5-3-6-12-22)32(42)39-27(17-24-19-36-26-16-10-9-15-25(24)26)30-37-20-28(38-30)23-13-7-4-8-14-23/h3-16,19-20,27,29,36H,17-18,21,35H2,1-2H3,(H,37,38)(H,39,42)(H,40,41)/t27-,29+,34?/m1/s1. The minimum absolute atomic E-state index is 0.319. The Kier molecular flexibility index (Phi) is 7.60. The van der Waals surface area contributed by atoms with Crippen molar-refractivity contribution in [3.63, 3.8) is 0 Å². The van der Waals surface area contributed by atoms with Crippen molar-refractivity contribution in [2.45, 2.75) is 56.5 Å². The molecule has 9 nitrogen and oxygen atoms in total. The van der Waals surface area contributed by atoms with Crippen molar-refractivity contribution in [2.75, 3.05) is 0 Å². The fourth-order valence-electron chi connectivity index (χ4n) is 5.30. The Morgan fingerprint density at radius 1 is 1.05 bits per heavy atom. The molecule has 3 aromatic carbocycles. The summed E-state index contributed by atoms with van der Waals surface area (Å²) < 4.78 is 6.16. The second-order valence-electron chi connectivity index (χ2n) is 11.8. The van der Waals surface area contributed by atoms with E-state index < -0.39 is 29.1 Å². The lowest BCUT2D eigenvalue weighted by Crippen LogP contribution is -2.59. The van der Waals surface area contributed by atoms with Gasteiger partial charge in [-0.1, -0.05) is 78.9 Å². The van der Waals surface area contributed by atoms with Gasteiger partial charge in [0.25, 0.3) is 0 Å². The highest BCUT2D eigenvalue weighted by Crippen LogP contribution is 2.41. The molecule has 1 aliphatic carbocycles. The summed E-state index contributed by atoms with van der Waals surface area (Å²) in [5.41, 5.74) is 8.55. The number of carbonyl (C=O) groups excluding carboxylic acids is 2. The van der Waals surface area contributed by atoms with Crippen molar-refractivity contribution < 1.29 is 14.3 Å². The first kappa shape index (κ1) is 28.4. The quantitative estimate of drug-likeness (QED) is 0.157. The van der Waals surface area contributed by atoms with E-state index in [4.69, 9.17) is 10.5 Å². The minimum atomic E-state index is -1.25. The number of H-pyrrole nitrogens is 2. The molecule has 220 valence electrons. The molecule has 1 aliphatic rings. The fourth-order valence-corrected chi connectivity index (χ4v) is 5.30. The summed E-state index contributed by atoms with van der Waals surface area (Å²) in [6, 6.07) is 27.2. The van der Waals surface area contributed by atoms with Crippen molar-refractivity contribution in [1.82, 2.24) is 25.6 Å². The maximum atomic E-state index is 14.2. The molecule has 0 radical (unpaired) electrons. The Morgan fingerprint density at radius 2 is 1.74 bits per heavy atom. The van der Waals surface area contributed by atoms with Gasteiger partial charge in [-0.15, -0.1) is 0 Å². The van der Waals surface area contributed by atoms with Gasteiger partial charge in [0.15, 0.2) is 0 Å². The smallest absolute Gasteiger partial charge is 0.249 e. The topological polar surface area (TPSA) is 138 Å². The fraction of sp³-hybridized carbons (Fsp3) is 0.265. The highest BCUT2D eigenvalue weighted by atomic mass is 16.5. The lowest BCUT2D eigenvalue weighted by molar-refractivity contribution is -0.134. The molecular formula is C34H36N6O3. The Balaban J connectivity index is 1.29. The number of fused-ring (bicyclic) bond motifs is 1. The number of para-hydroxylation sites is 1. The summed E-state index contributed by atoms with van der Waals surface area (Å²) in [4.78, 5) is 38.7. The molecule has 9 heteroatoms. The Bertz CT molecular complexity index is 1720. The maximum absolute atomic E-state index is 14.2. The van der Waals surface area contributed by atoms with Gasteiger partial charge in [-0.05, 0) is 36.6 Å². The molecule has 2 amide bonds. The van der Waals surface area contributed by atoms with E-state index >= 15 is 0 Å². The van der Waals surface area contributed by atoms with Crippen LogP contribution in [0.15, 0.2) is 97.3 Å². The molecule has 2 aromatic heterocycles. The predicted octanol–water partition coefficient (Wildman–Crippen LogP) is 4.54. The number of nitrogens with two attached hydrogens (primary N) is 1. The molecule has 0 aliphatic heterocycles. The first-order valence-electron chi connectivity index (χ1n) is 14.5. The molecule has 6 rings (SSSR count). The molecular weight excluding hydrogens is 540 g/mol. The number of aromatic nitrogens is 3. The third kappa shape index (κ3) is 6.09. The zero-order valence-corrected chi connectivity index (χ0v) is 24.3. The summed E-state index contributed by atoms with van der Waals surface area (Å²) in [7, 11) is 0. The average Bonchev–Trinajstić information content (AvgIpc) is 3.31. The SMILES string of the molecule is CC(C)(N)C(=O)NC1(C(=O)N[C@H](Cc2c[nH]c3ccccc23)c2ncc(-c3ccccc3)[nH]2)C[C@@H]1OCc1ccccc1. The molecule has 6 N–H and O–H groups in total. The second kappa shape index (κ2) is 11.5. The molecule has 0 bridgehead atoms. The largest absolute Gasteiger partial charge is 0.370 e. The van der Waals surface area contributed by atoms with E-state index in [2.05, 4.69) is 31.7 Å². The van der Waals surface area contributed by atoms with E-state index in [0.717, 1.165) is 33.3 Å². The first-order valence-corrected chi connectivity index (χ1v) is 14.5. The van der Waals surface area contributed by atoms with Crippen LogP contribution in [0.25, 0.3) is 22.2 Å². The van der Waals surface area contributed by atoms with E-state index in [9.17, 15) is 9.59 Å². The number of nitrogens with zero attached hydrogens (tertiary/aromatic N) is 1. The van der Waals surface area contributed by atoms with Gasteiger partial charge in [0, 0.05) is 29.9 Å². The van der Waals surface area contributed by atoms with Crippen LogP contribution in [-0.2, 0) is 27.4 Å². The number of hydrogen-bond donors (Lipinski definition) is 5. The van der Waals surface area contributed by atoms with Gasteiger partial charge in [0.2, 0.25) is 11.8 Å². The van der Waals surface area contributed by atoms with Crippen LogP contribution >= 0.6 is 0 Å². The number of hydrogen-bond acceptors (Lipinski definition) is 5. The van der Waals surface area contributed by atoms with Crippen molar-refractivity contribution in [3.05, 3.63) is 114 Å². The summed E-state index contributed by atoms with van der Waals surface area (Å²) in [5.74, 6) is -0.155. The van der Waals surface area contributed by atoms with Gasteiger partial charge < -0.3 is 31.1 Å². The summed E-state index contributed by atoms with van der Waals surface area (Å²) >= 11 is 0. The number of nitrogens with one attached hydrogen (secondary N) is 4. The molecule has 5 aromatic rings. The molecule has 1 unspecified atom stereocenters.